The number of nitrogens with two attached hydrogens (primary N) is 1. The van der Waals surface area contributed by atoms with Crippen molar-refractivity contribution in [1.82, 2.24) is 9.97 Å². The summed E-state index contributed by atoms with van der Waals surface area (Å²) in [5, 5.41) is 3.80. The Morgan fingerprint density at radius 2 is 2.15 bits per heavy atom. The molecule has 1 aromatic carbocycles. The van der Waals surface area contributed by atoms with Crippen molar-refractivity contribution in [3.05, 3.63) is 50.4 Å². The quantitative estimate of drug-likeness (QED) is 0.480. The molecule has 0 bridgehead atoms. The van der Waals surface area contributed by atoms with Gasteiger partial charge in [-0.05, 0) is 25.1 Å². The molecule has 0 aliphatic rings. The molecular weight excluding hydrogens is 301 g/mol. The molecule has 6 nitrogen and oxygen atoms in total. The molecule has 0 saturated carbocycles. The SMILES string of the molecule is Cc1cc(=O)[nH]c([NH+]=C(N)Nc2ccc(Cl)cc2Cl)n1. The van der Waals surface area contributed by atoms with E-state index in [0.29, 0.717) is 21.4 Å². The molecule has 8 heteroatoms. The first kappa shape index (κ1) is 14.4. The first-order valence-electron chi connectivity index (χ1n) is 5.63. The third-order valence-electron chi connectivity index (χ3n) is 2.32. The predicted octanol–water partition coefficient (Wildman–Crippen LogP) is 0.524. The van der Waals surface area contributed by atoms with Crippen molar-refractivity contribution in [3.63, 3.8) is 0 Å². The maximum Gasteiger partial charge on any atom is 0.325 e. The van der Waals surface area contributed by atoms with Gasteiger partial charge in [-0.1, -0.05) is 23.2 Å². The minimum Gasteiger partial charge on any atom is -0.322 e. The highest BCUT2D eigenvalue weighted by molar-refractivity contribution is 6.36. The number of nitrogens with zero attached hydrogens (tertiary/aromatic N) is 1. The summed E-state index contributed by atoms with van der Waals surface area (Å²) in [4.78, 5) is 20.6. The first-order valence-corrected chi connectivity index (χ1v) is 6.39. The lowest BCUT2D eigenvalue weighted by Crippen LogP contribution is -2.73. The lowest BCUT2D eigenvalue weighted by Gasteiger charge is -2.04. The van der Waals surface area contributed by atoms with Crippen molar-refractivity contribution in [2.45, 2.75) is 6.92 Å². The highest BCUT2D eigenvalue weighted by atomic mass is 35.5. The van der Waals surface area contributed by atoms with Crippen LogP contribution in [0.15, 0.2) is 29.1 Å². The van der Waals surface area contributed by atoms with Crippen LogP contribution in [0.5, 0.6) is 0 Å². The molecule has 20 heavy (non-hydrogen) atoms. The highest BCUT2D eigenvalue weighted by Gasteiger charge is 2.07. The van der Waals surface area contributed by atoms with Gasteiger partial charge >= 0.3 is 5.95 Å². The van der Waals surface area contributed by atoms with Crippen LogP contribution in [0, 0.1) is 6.92 Å². The zero-order valence-electron chi connectivity index (χ0n) is 10.5. The molecule has 0 spiro atoms. The van der Waals surface area contributed by atoms with Crippen molar-refractivity contribution in [2.75, 3.05) is 5.32 Å². The number of benzene rings is 1. The molecule has 2 aromatic rings. The van der Waals surface area contributed by atoms with Gasteiger partial charge in [0.15, 0.2) is 0 Å². The van der Waals surface area contributed by atoms with Crippen LogP contribution in [0.3, 0.4) is 0 Å². The first-order chi connectivity index (χ1) is 9.44. The molecule has 0 saturated heterocycles. The monoisotopic (exact) mass is 312 g/mol. The fourth-order valence-corrected chi connectivity index (χ4v) is 1.99. The van der Waals surface area contributed by atoms with Crippen LogP contribution >= 0.6 is 23.2 Å². The predicted molar refractivity (Wildman–Crippen MR) is 79.5 cm³/mol. The maximum absolute atomic E-state index is 11.3. The van der Waals surface area contributed by atoms with E-state index in [1.807, 2.05) is 0 Å². The van der Waals surface area contributed by atoms with Crippen LogP contribution in [-0.2, 0) is 0 Å². The van der Waals surface area contributed by atoms with Crippen molar-refractivity contribution < 1.29 is 4.99 Å². The Hall–Kier alpha value is -2.05. The zero-order chi connectivity index (χ0) is 14.7. The number of rotatable bonds is 2. The molecule has 1 heterocycles. The van der Waals surface area contributed by atoms with E-state index >= 15 is 0 Å². The van der Waals surface area contributed by atoms with Gasteiger partial charge in [-0.15, -0.1) is 4.98 Å². The molecule has 0 unspecified atom stereocenters. The summed E-state index contributed by atoms with van der Waals surface area (Å²) in [6, 6.07) is 6.33. The lowest BCUT2D eigenvalue weighted by atomic mass is 10.3. The van der Waals surface area contributed by atoms with E-state index in [1.54, 1.807) is 25.1 Å². The van der Waals surface area contributed by atoms with Gasteiger partial charge < -0.3 is 5.73 Å². The van der Waals surface area contributed by atoms with Gasteiger partial charge in [-0.3, -0.25) is 10.1 Å². The van der Waals surface area contributed by atoms with E-state index in [0.717, 1.165) is 0 Å². The van der Waals surface area contributed by atoms with Crippen LogP contribution in [0.2, 0.25) is 10.0 Å². The smallest absolute Gasteiger partial charge is 0.322 e. The number of guanidine groups is 1. The van der Waals surface area contributed by atoms with Gasteiger partial charge in [0.2, 0.25) is 0 Å². The van der Waals surface area contributed by atoms with Gasteiger partial charge in [0.1, 0.15) is 0 Å². The number of halogens is 2. The Labute approximate surface area is 124 Å². The third kappa shape index (κ3) is 3.72. The number of H-pyrrole nitrogens is 1. The second kappa shape index (κ2) is 5.94. The molecule has 0 aliphatic carbocycles. The molecule has 1 aromatic heterocycles. The summed E-state index contributed by atoms with van der Waals surface area (Å²) < 4.78 is 0. The largest absolute Gasteiger partial charge is 0.325 e. The normalized spacial score (nSPS) is 11.4. The fraction of sp³-hybridized carbons (Fsp3) is 0.0833. The van der Waals surface area contributed by atoms with Gasteiger partial charge in [0.05, 0.1) is 16.4 Å². The Morgan fingerprint density at radius 3 is 2.80 bits per heavy atom. The van der Waals surface area contributed by atoms with Gasteiger partial charge in [-0.2, -0.15) is 0 Å². The van der Waals surface area contributed by atoms with Crippen LogP contribution in [0.1, 0.15) is 5.69 Å². The van der Waals surface area contributed by atoms with Crippen molar-refractivity contribution >= 4 is 40.8 Å². The summed E-state index contributed by atoms with van der Waals surface area (Å²) in [6.45, 7) is 1.71. The summed E-state index contributed by atoms with van der Waals surface area (Å²) in [6.07, 6.45) is 0. The third-order valence-corrected chi connectivity index (χ3v) is 2.87. The lowest BCUT2D eigenvalue weighted by molar-refractivity contribution is -0.365. The standard InChI is InChI=1S/C12H11Cl2N5O/c1-6-4-10(20)18-12(16-6)19-11(15)17-9-3-2-7(13)5-8(9)14/h2-5H,1H3,(H4,15,16,17,18,19,20)/p+1. The van der Waals surface area contributed by atoms with E-state index in [2.05, 4.69) is 20.3 Å². The molecule has 0 atom stereocenters. The number of hydrogen-bond acceptors (Lipinski definition) is 2. The van der Waals surface area contributed by atoms with Crippen LogP contribution in [0.25, 0.3) is 0 Å². The highest BCUT2D eigenvalue weighted by Crippen LogP contribution is 2.24. The van der Waals surface area contributed by atoms with Gasteiger partial charge in [-0.25, -0.2) is 9.98 Å². The number of nitrogens with one attached hydrogen (secondary N) is 3. The van der Waals surface area contributed by atoms with E-state index < -0.39 is 0 Å². The number of anilines is 1. The second-order valence-corrected chi connectivity index (χ2v) is 4.87. The molecule has 0 fully saturated rings. The molecule has 5 N–H and O–H groups in total. The average Bonchev–Trinajstić information content (AvgIpc) is 2.31. The Morgan fingerprint density at radius 1 is 1.40 bits per heavy atom. The van der Waals surface area contributed by atoms with Crippen LogP contribution in [0.4, 0.5) is 11.6 Å². The number of hydrogen-bond donors (Lipinski definition) is 4. The number of aromatic amines is 1. The fourth-order valence-electron chi connectivity index (χ4n) is 1.53. The Kier molecular flexibility index (Phi) is 4.26. The van der Waals surface area contributed by atoms with Gasteiger partial charge in [0.25, 0.3) is 11.5 Å². The zero-order valence-corrected chi connectivity index (χ0v) is 12.0. The Bertz CT molecular complexity index is 726. The number of aryl methyl sites for hydroxylation is 1. The maximum atomic E-state index is 11.3. The molecule has 2 rings (SSSR count). The average molecular weight is 313 g/mol. The minimum atomic E-state index is -0.266. The molecule has 0 aliphatic heterocycles. The van der Waals surface area contributed by atoms with Gasteiger partial charge in [0, 0.05) is 11.1 Å². The summed E-state index contributed by atoms with van der Waals surface area (Å²) in [7, 11) is 0. The minimum absolute atomic E-state index is 0.169. The summed E-state index contributed by atoms with van der Waals surface area (Å²) in [5.74, 6) is 0.410. The summed E-state index contributed by atoms with van der Waals surface area (Å²) in [5.41, 5.74) is 6.68. The van der Waals surface area contributed by atoms with Crippen LogP contribution in [-0.4, -0.2) is 15.9 Å². The van der Waals surface area contributed by atoms with Crippen molar-refractivity contribution in [1.29, 1.82) is 0 Å². The molecule has 104 valence electrons. The molecule has 0 amide bonds. The van der Waals surface area contributed by atoms with Crippen molar-refractivity contribution in [2.24, 2.45) is 5.73 Å². The van der Waals surface area contributed by atoms with Crippen LogP contribution < -0.4 is 21.6 Å². The van der Waals surface area contributed by atoms with E-state index in [1.165, 1.54) is 6.07 Å². The molecular formula is C12H12Cl2N5O+. The topological polar surface area (TPSA) is 97.8 Å². The second-order valence-electron chi connectivity index (χ2n) is 4.02. The van der Waals surface area contributed by atoms with E-state index in [9.17, 15) is 4.79 Å². The van der Waals surface area contributed by atoms with E-state index in [4.69, 9.17) is 28.9 Å². The number of aromatic nitrogens is 2. The molecule has 0 radical (unpaired) electrons. The van der Waals surface area contributed by atoms with E-state index in [-0.39, 0.29) is 17.5 Å². The Balaban J connectivity index is 2.24. The van der Waals surface area contributed by atoms with Crippen molar-refractivity contribution in [3.8, 4) is 0 Å². The summed E-state index contributed by atoms with van der Waals surface area (Å²) >= 11 is 11.8.